The number of hydrogen-bond donors (Lipinski definition) is 1. The molecule has 0 amide bonds. The maximum atomic E-state index is 12.0. The molecule has 3 aromatic rings. The third-order valence-electron chi connectivity index (χ3n) is 3.08. The highest BCUT2D eigenvalue weighted by atomic mass is 79.9. The Bertz CT molecular complexity index is 883. The van der Waals surface area contributed by atoms with Crippen molar-refractivity contribution in [1.29, 1.82) is 0 Å². The average Bonchev–Trinajstić information content (AvgIpc) is 2.52. The van der Waals surface area contributed by atoms with E-state index in [9.17, 15) is 9.90 Å². The van der Waals surface area contributed by atoms with Crippen LogP contribution in [0.5, 0.6) is 23.0 Å². The number of hydrogen-bond acceptors (Lipinski definition) is 5. The van der Waals surface area contributed by atoms with Crippen LogP contribution in [0.1, 0.15) is 0 Å². The molecule has 0 radical (unpaired) electrons. The molecule has 0 aliphatic heterocycles. The van der Waals surface area contributed by atoms with Crippen molar-refractivity contribution < 1.29 is 19.0 Å². The third kappa shape index (κ3) is 2.65. The van der Waals surface area contributed by atoms with Crippen molar-refractivity contribution >= 4 is 26.9 Å². The Morgan fingerprint density at radius 1 is 1.09 bits per heavy atom. The van der Waals surface area contributed by atoms with E-state index in [2.05, 4.69) is 15.9 Å². The molecule has 0 unspecified atom stereocenters. The average molecular weight is 363 g/mol. The molecular formula is C16H11BrO5. The second-order valence-electron chi connectivity index (χ2n) is 4.49. The van der Waals surface area contributed by atoms with Crippen molar-refractivity contribution in [2.24, 2.45) is 0 Å². The van der Waals surface area contributed by atoms with Gasteiger partial charge in [-0.15, -0.1) is 0 Å². The smallest absolute Gasteiger partial charge is 0.383 e. The molecule has 0 spiro atoms. The fourth-order valence-corrected chi connectivity index (χ4v) is 2.25. The number of rotatable bonds is 3. The number of ether oxygens (including phenoxy) is 2. The molecular weight excluding hydrogens is 352 g/mol. The molecule has 0 aliphatic rings. The first kappa shape index (κ1) is 14.5. The molecule has 5 nitrogen and oxygen atoms in total. The van der Waals surface area contributed by atoms with Crippen LogP contribution in [-0.2, 0) is 0 Å². The van der Waals surface area contributed by atoms with E-state index in [-0.39, 0.29) is 17.1 Å². The van der Waals surface area contributed by atoms with Gasteiger partial charge in [0.05, 0.1) is 12.5 Å². The van der Waals surface area contributed by atoms with E-state index in [0.29, 0.717) is 16.9 Å². The highest BCUT2D eigenvalue weighted by Crippen LogP contribution is 2.35. The molecule has 0 fully saturated rings. The highest BCUT2D eigenvalue weighted by molar-refractivity contribution is 9.10. The van der Waals surface area contributed by atoms with Gasteiger partial charge in [-0.2, -0.15) is 0 Å². The predicted octanol–water partition coefficient (Wildman–Crippen LogP) is 4.06. The Balaban J connectivity index is 2.10. The molecule has 0 aliphatic carbocycles. The first-order valence-electron chi connectivity index (χ1n) is 6.35. The second kappa shape index (κ2) is 5.73. The minimum Gasteiger partial charge on any atom is -0.504 e. The summed E-state index contributed by atoms with van der Waals surface area (Å²) in [7, 11) is 1.50. The van der Waals surface area contributed by atoms with E-state index in [4.69, 9.17) is 13.9 Å². The van der Waals surface area contributed by atoms with Crippen LogP contribution in [0.2, 0.25) is 0 Å². The van der Waals surface area contributed by atoms with E-state index in [1.54, 1.807) is 36.4 Å². The first-order valence-corrected chi connectivity index (χ1v) is 7.15. The molecule has 22 heavy (non-hydrogen) atoms. The van der Waals surface area contributed by atoms with E-state index < -0.39 is 5.63 Å². The van der Waals surface area contributed by atoms with Crippen LogP contribution in [0.15, 0.2) is 56.1 Å². The molecule has 2 aromatic carbocycles. The summed E-state index contributed by atoms with van der Waals surface area (Å²) in [5, 5.41) is 10.6. The summed E-state index contributed by atoms with van der Waals surface area (Å²) in [5.74, 6) is 0.423. The lowest BCUT2D eigenvalue weighted by Crippen LogP contribution is -2.04. The Labute approximate surface area is 133 Å². The molecule has 112 valence electrons. The van der Waals surface area contributed by atoms with Gasteiger partial charge in [0.2, 0.25) is 0 Å². The van der Waals surface area contributed by atoms with Crippen molar-refractivity contribution in [2.45, 2.75) is 0 Å². The third-order valence-corrected chi connectivity index (χ3v) is 3.61. The summed E-state index contributed by atoms with van der Waals surface area (Å²) in [4.78, 5) is 12.0. The highest BCUT2D eigenvalue weighted by Gasteiger charge is 2.16. The predicted molar refractivity (Wildman–Crippen MR) is 84.9 cm³/mol. The maximum Gasteiger partial charge on any atom is 0.383 e. The summed E-state index contributed by atoms with van der Waals surface area (Å²) in [6.45, 7) is 0. The summed E-state index contributed by atoms with van der Waals surface area (Å²) >= 11 is 3.31. The van der Waals surface area contributed by atoms with E-state index in [1.807, 2.05) is 0 Å². The van der Waals surface area contributed by atoms with Crippen molar-refractivity contribution in [1.82, 2.24) is 0 Å². The van der Waals surface area contributed by atoms with Crippen molar-refractivity contribution in [3.8, 4) is 23.0 Å². The van der Waals surface area contributed by atoms with Crippen LogP contribution in [0, 0.1) is 0 Å². The fourth-order valence-electron chi connectivity index (χ4n) is 1.99. The normalized spacial score (nSPS) is 10.6. The minimum atomic E-state index is -0.763. The lowest BCUT2D eigenvalue weighted by atomic mass is 10.2. The summed E-state index contributed by atoms with van der Waals surface area (Å²) in [6, 6.07) is 11.6. The van der Waals surface area contributed by atoms with Gasteiger partial charge in [0, 0.05) is 10.5 Å². The van der Waals surface area contributed by atoms with Crippen LogP contribution in [-0.4, -0.2) is 12.2 Å². The maximum absolute atomic E-state index is 12.0. The fraction of sp³-hybridized carbons (Fsp3) is 0.0625. The van der Waals surface area contributed by atoms with Crippen molar-refractivity contribution in [3.63, 3.8) is 0 Å². The monoisotopic (exact) mass is 362 g/mol. The SMILES string of the molecule is COc1ccc2c(O)c(Oc3ccc(Br)cc3)c(=O)oc2c1. The standard InChI is InChI=1S/C16H11BrO5/c1-20-11-6-7-12-13(8-11)22-16(19)15(14(12)18)21-10-4-2-9(17)3-5-10/h2-8,18H,1H3. The van der Waals surface area contributed by atoms with Crippen molar-refractivity contribution in [3.05, 3.63) is 57.4 Å². The Kier molecular flexibility index (Phi) is 3.77. The topological polar surface area (TPSA) is 68.9 Å². The van der Waals surface area contributed by atoms with E-state index >= 15 is 0 Å². The summed E-state index contributed by atoms with van der Waals surface area (Å²) in [5.41, 5.74) is -0.536. The molecule has 3 rings (SSSR count). The van der Waals surface area contributed by atoms with E-state index in [0.717, 1.165) is 4.47 Å². The zero-order chi connectivity index (χ0) is 15.7. The Morgan fingerprint density at radius 2 is 1.77 bits per heavy atom. The quantitative estimate of drug-likeness (QED) is 0.711. The molecule has 0 saturated carbocycles. The minimum absolute atomic E-state index is 0.227. The van der Waals surface area contributed by atoms with Crippen LogP contribution >= 0.6 is 15.9 Å². The molecule has 1 aromatic heterocycles. The molecule has 1 N–H and O–H groups in total. The van der Waals surface area contributed by atoms with Gasteiger partial charge in [-0.1, -0.05) is 15.9 Å². The lowest BCUT2D eigenvalue weighted by molar-refractivity contribution is 0.385. The van der Waals surface area contributed by atoms with Gasteiger partial charge < -0.3 is 19.0 Å². The largest absolute Gasteiger partial charge is 0.504 e. The van der Waals surface area contributed by atoms with Crippen LogP contribution < -0.4 is 15.1 Å². The summed E-state index contributed by atoms with van der Waals surface area (Å²) in [6.07, 6.45) is 0. The molecule has 0 bridgehead atoms. The van der Waals surface area contributed by atoms with Crippen LogP contribution in [0.4, 0.5) is 0 Å². The van der Waals surface area contributed by atoms with Gasteiger partial charge in [-0.3, -0.25) is 0 Å². The molecule has 1 heterocycles. The molecule has 0 atom stereocenters. The van der Waals surface area contributed by atoms with Gasteiger partial charge >= 0.3 is 5.63 Å². The van der Waals surface area contributed by atoms with Gasteiger partial charge in [0.15, 0.2) is 5.75 Å². The number of benzene rings is 2. The van der Waals surface area contributed by atoms with Crippen LogP contribution in [0.3, 0.4) is 0 Å². The van der Waals surface area contributed by atoms with Crippen LogP contribution in [0.25, 0.3) is 11.0 Å². The lowest BCUT2D eigenvalue weighted by Gasteiger charge is -2.09. The zero-order valence-electron chi connectivity index (χ0n) is 11.5. The van der Waals surface area contributed by atoms with Gasteiger partial charge in [0.1, 0.15) is 17.1 Å². The van der Waals surface area contributed by atoms with Gasteiger partial charge in [-0.05, 0) is 36.4 Å². The molecule has 0 saturated heterocycles. The zero-order valence-corrected chi connectivity index (χ0v) is 13.1. The van der Waals surface area contributed by atoms with Gasteiger partial charge in [0.25, 0.3) is 5.75 Å². The second-order valence-corrected chi connectivity index (χ2v) is 5.40. The number of methoxy groups -OCH3 is 1. The molecule has 6 heteroatoms. The van der Waals surface area contributed by atoms with Gasteiger partial charge in [-0.25, -0.2) is 4.79 Å². The number of halogens is 1. The number of fused-ring (bicyclic) bond motifs is 1. The number of aromatic hydroxyl groups is 1. The van der Waals surface area contributed by atoms with E-state index in [1.165, 1.54) is 13.2 Å². The summed E-state index contributed by atoms with van der Waals surface area (Å²) < 4.78 is 16.6. The Morgan fingerprint density at radius 3 is 2.45 bits per heavy atom. The van der Waals surface area contributed by atoms with Crippen molar-refractivity contribution in [2.75, 3.05) is 7.11 Å². The first-order chi connectivity index (χ1) is 10.6. The Hall–Kier alpha value is -2.47.